The Bertz CT molecular complexity index is 417. The van der Waals surface area contributed by atoms with Gasteiger partial charge in [-0.15, -0.1) is 0 Å². The molecular formula is C11H22N2O5S. The van der Waals surface area contributed by atoms with Crippen LogP contribution in [0.2, 0.25) is 0 Å². The Morgan fingerprint density at radius 3 is 2.53 bits per heavy atom. The number of carboxylic acids is 1. The molecule has 0 bridgehead atoms. The number of unbranched alkanes of at least 4 members (excludes halogenated alkanes) is 1. The van der Waals surface area contributed by atoms with E-state index in [0.29, 0.717) is 6.54 Å². The van der Waals surface area contributed by atoms with Gasteiger partial charge in [-0.2, -0.15) is 17.0 Å². The van der Waals surface area contributed by atoms with Crippen LogP contribution in [0, 0.1) is 0 Å². The highest BCUT2D eigenvalue weighted by Gasteiger charge is 2.47. The smallest absolute Gasteiger partial charge is 0.329 e. The van der Waals surface area contributed by atoms with Crippen LogP contribution in [0.15, 0.2) is 0 Å². The van der Waals surface area contributed by atoms with E-state index in [-0.39, 0.29) is 13.1 Å². The maximum absolute atomic E-state index is 12.1. The Morgan fingerprint density at radius 1 is 1.47 bits per heavy atom. The second-order valence-corrected chi connectivity index (χ2v) is 7.12. The summed E-state index contributed by atoms with van der Waals surface area (Å²) in [6.45, 7) is 4.19. The number of carboxylic acid groups (broad SMARTS) is 1. The lowest BCUT2D eigenvalue weighted by Crippen LogP contribution is -2.65. The molecule has 1 saturated heterocycles. The van der Waals surface area contributed by atoms with E-state index in [1.165, 1.54) is 8.61 Å². The van der Waals surface area contributed by atoms with Gasteiger partial charge in [0.05, 0.1) is 5.60 Å². The second-order valence-electron chi connectivity index (χ2n) is 5.08. The third-order valence-electron chi connectivity index (χ3n) is 3.11. The Labute approximate surface area is 114 Å². The van der Waals surface area contributed by atoms with E-state index in [0.717, 1.165) is 12.8 Å². The summed E-state index contributed by atoms with van der Waals surface area (Å²) in [6, 6.07) is 0. The number of aliphatic carboxylic acids is 1. The maximum Gasteiger partial charge on any atom is 0.329 e. The normalized spacial score (nSPS) is 19.4. The number of rotatable bonds is 8. The fourth-order valence-electron chi connectivity index (χ4n) is 1.88. The van der Waals surface area contributed by atoms with Crippen molar-refractivity contribution >= 4 is 16.2 Å². The van der Waals surface area contributed by atoms with E-state index >= 15 is 0 Å². The van der Waals surface area contributed by atoms with Gasteiger partial charge in [-0.3, -0.25) is 0 Å². The summed E-state index contributed by atoms with van der Waals surface area (Å²) in [5.41, 5.74) is -0.697. The van der Waals surface area contributed by atoms with Crippen LogP contribution in [0.1, 0.15) is 26.7 Å². The van der Waals surface area contributed by atoms with Crippen LogP contribution in [0.3, 0.4) is 0 Å². The molecule has 0 aliphatic carbocycles. The molecule has 7 nitrogen and oxygen atoms in total. The van der Waals surface area contributed by atoms with E-state index in [4.69, 9.17) is 9.84 Å². The van der Waals surface area contributed by atoms with Gasteiger partial charge in [0, 0.05) is 26.7 Å². The Kier molecular flexibility index (Phi) is 5.31. The summed E-state index contributed by atoms with van der Waals surface area (Å²) >= 11 is 0. The average Bonchev–Trinajstić information content (AvgIpc) is 2.29. The predicted molar refractivity (Wildman–Crippen MR) is 70.0 cm³/mol. The number of carbonyl (C=O) groups is 1. The van der Waals surface area contributed by atoms with Crippen LogP contribution >= 0.6 is 0 Å². The van der Waals surface area contributed by atoms with E-state index in [1.807, 2.05) is 6.92 Å². The quantitative estimate of drug-likeness (QED) is 0.688. The lowest BCUT2D eigenvalue weighted by atomic mass is 10.0. The zero-order chi connectivity index (χ0) is 14.7. The van der Waals surface area contributed by atoms with Crippen molar-refractivity contribution in [2.24, 2.45) is 0 Å². The first-order valence-electron chi connectivity index (χ1n) is 6.28. The van der Waals surface area contributed by atoms with Crippen molar-refractivity contribution in [3.05, 3.63) is 0 Å². The third kappa shape index (κ3) is 4.13. The van der Waals surface area contributed by atoms with Gasteiger partial charge in [0.15, 0.2) is 0 Å². The monoisotopic (exact) mass is 294 g/mol. The molecule has 0 atom stereocenters. The minimum absolute atomic E-state index is 0.194. The highest BCUT2D eigenvalue weighted by Crippen LogP contribution is 2.28. The lowest BCUT2D eigenvalue weighted by Gasteiger charge is -2.47. The molecule has 0 saturated carbocycles. The fourth-order valence-corrected chi connectivity index (χ4v) is 3.51. The van der Waals surface area contributed by atoms with Crippen LogP contribution < -0.4 is 0 Å². The molecule has 0 aromatic rings. The Hall–Kier alpha value is -0.700. The van der Waals surface area contributed by atoms with E-state index in [2.05, 4.69) is 0 Å². The SMILES string of the molecule is CCCCN(C)S(=O)(=O)N1CC(C)(OCC(=O)O)C1. The molecule has 1 fully saturated rings. The van der Waals surface area contributed by atoms with Gasteiger partial charge in [-0.1, -0.05) is 13.3 Å². The van der Waals surface area contributed by atoms with Crippen molar-refractivity contribution in [1.82, 2.24) is 8.61 Å². The molecule has 0 aromatic heterocycles. The molecule has 1 aliphatic rings. The van der Waals surface area contributed by atoms with Gasteiger partial charge in [-0.05, 0) is 13.3 Å². The fraction of sp³-hybridized carbons (Fsp3) is 0.909. The lowest BCUT2D eigenvalue weighted by molar-refractivity contribution is -0.157. The summed E-state index contributed by atoms with van der Waals surface area (Å²) in [5, 5.41) is 8.54. The largest absolute Gasteiger partial charge is 0.480 e. The van der Waals surface area contributed by atoms with Crippen LogP contribution in [-0.2, 0) is 19.7 Å². The van der Waals surface area contributed by atoms with Gasteiger partial charge >= 0.3 is 5.97 Å². The van der Waals surface area contributed by atoms with Crippen molar-refractivity contribution in [3.8, 4) is 0 Å². The number of hydrogen-bond donors (Lipinski definition) is 1. The van der Waals surface area contributed by atoms with Crippen LogP contribution in [0.25, 0.3) is 0 Å². The van der Waals surface area contributed by atoms with Crippen LogP contribution in [-0.4, -0.2) is 67.0 Å². The summed E-state index contributed by atoms with van der Waals surface area (Å²) < 4.78 is 32.1. The molecule has 1 heterocycles. The van der Waals surface area contributed by atoms with Gasteiger partial charge in [-0.25, -0.2) is 4.79 Å². The molecular weight excluding hydrogens is 272 g/mol. The van der Waals surface area contributed by atoms with Gasteiger partial charge < -0.3 is 9.84 Å². The first-order valence-corrected chi connectivity index (χ1v) is 7.68. The molecule has 0 amide bonds. The highest BCUT2D eigenvalue weighted by atomic mass is 32.2. The average molecular weight is 294 g/mol. The third-order valence-corrected chi connectivity index (χ3v) is 4.99. The molecule has 1 aliphatic heterocycles. The Balaban J connectivity index is 2.50. The molecule has 1 N–H and O–H groups in total. The first-order chi connectivity index (χ1) is 8.71. The summed E-state index contributed by atoms with van der Waals surface area (Å²) in [6.07, 6.45) is 1.75. The standard InChI is InChI=1S/C11H22N2O5S/c1-4-5-6-12(3)19(16,17)13-8-11(2,9-13)18-7-10(14)15/h4-9H2,1-3H3,(H,14,15). The second kappa shape index (κ2) is 6.17. The topological polar surface area (TPSA) is 87.2 Å². The van der Waals surface area contributed by atoms with Crippen LogP contribution in [0.5, 0.6) is 0 Å². The first kappa shape index (κ1) is 16.4. The van der Waals surface area contributed by atoms with Crippen LogP contribution in [0.4, 0.5) is 0 Å². The van der Waals surface area contributed by atoms with Gasteiger partial charge in [0.25, 0.3) is 10.2 Å². The molecule has 8 heteroatoms. The summed E-state index contributed by atoms with van der Waals surface area (Å²) in [4.78, 5) is 10.4. The van der Waals surface area contributed by atoms with E-state index in [1.54, 1.807) is 14.0 Å². The van der Waals surface area contributed by atoms with Crippen molar-refractivity contribution in [3.63, 3.8) is 0 Å². The molecule has 0 aromatic carbocycles. The maximum atomic E-state index is 12.1. The van der Waals surface area contributed by atoms with Gasteiger partial charge in [0.1, 0.15) is 6.61 Å². The minimum atomic E-state index is -3.44. The molecule has 19 heavy (non-hydrogen) atoms. The number of ether oxygens (including phenoxy) is 1. The molecule has 0 spiro atoms. The molecule has 112 valence electrons. The zero-order valence-electron chi connectivity index (χ0n) is 11.6. The van der Waals surface area contributed by atoms with E-state index in [9.17, 15) is 13.2 Å². The van der Waals surface area contributed by atoms with Crippen molar-refractivity contribution in [2.75, 3.05) is 33.3 Å². The van der Waals surface area contributed by atoms with E-state index < -0.39 is 28.4 Å². The minimum Gasteiger partial charge on any atom is -0.480 e. The summed E-state index contributed by atoms with van der Waals surface area (Å²) in [5.74, 6) is -1.05. The Morgan fingerprint density at radius 2 is 2.05 bits per heavy atom. The highest BCUT2D eigenvalue weighted by molar-refractivity contribution is 7.86. The van der Waals surface area contributed by atoms with Crippen molar-refractivity contribution in [1.29, 1.82) is 0 Å². The number of hydrogen-bond acceptors (Lipinski definition) is 4. The van der Waals surface area contributed by atoms with Crippen molar-refractivity contribution < 1.29 is 23.1 Å². The van der Waals surface area contributed by atoms with Crippen molar-refractivity contribution in [2.45, 2.75) is 32.3 Å². The van der Waals surface area contributed by atoms with Gasteiger partial charge in [0.2, 0.25) is 0 Å². The zero-order valence-corrected chi connectivity index (χ0v) is 12.4. The predicted octanol–water partition coefficient (Wildman–Crippen LogP) is 0.139. The molecule has 1 rings (SSSR count). The molecule has 0 unspecified atom stereocenters. The summed E-state index contributed by atoms with van der Waals surface area (Å²) in [7, 11) is -1.89. The number of nitrogens with zero attached hydrogens (tertiary/aromatic N) is 2. The molecule has 0 radical (unpaired) electrons.